The highest BCUT2D eigenvalue weighted by Gasteiger charge is 2.40. The van der Waals surface area contributed by atoms with Crippen molar-refractivity contribution < 1.29 is 4.79 Å². The van der Waals surface area contributed by atoms with Gasteiger partial charge in [0.2, 0.25) is 5.91 Å². The number of hydrogen-bond donors (Lipinski definition) is 1. The van der Waals surface area contributed by atoms with E-state index in [-0.39, 0.29) is 11.3 Å². The van der Waals surface area contributed by atoms with Crippen molar-refractivity contribution in [3.8, 4) is 0 Å². The number of benzene rings is 1. The number of aryl methyl sites for hydroxylation is 1. The second-order valence-corrected chi connectivity index (χ2v) is 6.38. The summed E-state index contributed by atoms with van der Waals surface area (Å²) in [6.07, 6.45) is 3.46. The van der Waals surface area contributed by atoms with Crippen molar-refractivity contribution in [2.45, 2.75) is 45.4 Å². The van der Waals surface area contributed by atoms with Crippen LogP contribution >= 0.6 is 0 Å². The van der Waals surface area contributed by atoms with Gasteiger partial charge in [0.1, 0.15) is 0 Å². The zero-order chi connectivity index (χ0) is 14.3. The van der Waals surface area contributed by atoms with Crippen molar-refractivity contribution in [1.29, 1.82) is 0 Å². The summed E-state index contributed by atoms with van der Waals surface area (Å²) in [4.78, 5) is 14.1. The molecule has 2 aliphatic heterocycles. The normalized spacial score (nSPS) is 25.6. The number of carbonyl (C=O) groups excluding carboxylic acids is 1. The number of hydrogen-bond acceptors (Lipinski definition) is 2. The third-order valence-electron chi connectivity index (χ3n) is 5.20. The fraction of sp³-hybridized carbons (Fsp3) is 0.588. The molecule has 1 atom stereocenters. The number of anilines is 1. The van der Waals surface area contributed by atoms with Crippen LogP contribution in [0.3, 0.4) is 0 Å². The van der Waals surface area contributed by atoms with Gasteiger partial charge in [-0.1, -0.05) is 12.1 Å². The van der Waals surface area contributed by atoms with Gasteiger partial charge in [-0.25, -0.2) is 0 Å². The summed E-state index contributed by atoms with van der Waals surface area (Å²) >= 11 is 0. The van der Waals surface area contributed by atoms with E-state index in [0.29, 0.717) is 0 Å². The summed E-state index contributed by atoms with van der Waals surface area (Å²) in [5.74, 6) is 0.169. The first kappa shape index (κ1) is 13.6. The highest BCUT2D eigenvalue weighted by Crippen LogP contribution is 2.45. The lowest BCUT2D eigenvalue weighted by atomic mass is 9.75. The van der Waals surface area contributed by atoms with Crippen LogP contribution in [-0.2, 0) is 10.2 Å². The van der Waals surface area contributed by atoms with Crippen molar-refractivity contribution in [2.75, 3.05) is 24.5 Å². The molecule has 1 amide bonds. The third-order valence-corrected chi connectivity index (χ3v) is 5.20. The Hall–Kier alpha value is -1.35. The Bertz CT molecular complexity index is 544. The van der Waals surface area contributed by atoms with E-state index in [1.807, 2.05) is 4.90 Å². The Morgan fingerprint density at radius 1 is 1.30 bits per heavy atom. The fourth-order valence-corrected chi connectivity index (χ4v) is 3.90. The molecule has 1 aromatic rings. The van der Waals surface area contributed by atoms with Crippen molar-refractivity contribution in [1.82, 2.24) is 5.32 Å². The first-order chi connectivity index (χ1) is 9.55. The summed E-state index contributed by atoms with van der Waals surface area (Å²) in [7, 11) is 0. The molecule has 3 rings (SSSR count). The summed E-state index contributed by atoms with van der Waals surface area (Å²) in [6.45, 7) is 8.98. The highest BCUT2D eigenvalue weighted by molar-refractivity contribution is 5.94. The fourth-order valence-electron chi connectivity index (χ4n) is 3.90. The van der Waals surface area contributed by atoms with Crippen LogP contribution < -0.4 is 10.2 Å². The van der Waals surface area contributed by atoms with Crippen molar-refractivity contribution >= 4 is 11.6 Å². The van der Waals surface area contributed by atoms with Crippen LogP contribution in [0.15, 0.2) is 12.1 Å². The maximum atomic E-state index is 12.1. The minimum atomic E-state index is 0.169. The van der Waals surface area contributed by atoms with Crippen molar-refractivity contribution in [3.05, 3.63) is 28.8 Å². The Morgan fingerprint density at radius 2 is 2.10 bits per heavy atom. The van der Waals surface area contributed by atoms with Gasteiger partial charge >= 0.3 is 0 Å². The second kappa shape index (κ2) is 4.88. The molecule has 0 radical (unpaired) electrons. The number of nitrogens with one attached hydrogen (secondary N) is 1. The Balaban J connectivity index is 2.22. The molecule has 0 saturated carbocycles. The van der Waals surface area contributed by atoms with Crippen LogP contribution in [-0.4, -0.2) is 25.5 Å². The van der Waals surface area contributed by atoms with Gasteiger partial charge in [-0.15, -0.1) is 0 Å². The number of rotatable bonds is 0. The van der Waals surface area contributed by atoms with Gasteiger partial charge in [0, 0.05) is 25.4 Å². The summed E-state index contributed by atoms with van der Waals surface area (Å²) in [5, 5.41) is 3.53. The summed E-state index contributed by atoms with van der Waals surface area (Å²) < 4.78 is 0. The highest BCUT2D eigenvalue weighted by atomic mass is 16.2. The average molecular weight is 272 g/mol. The largest absolute Gasteiger partial charge is 0.316 e. The lowest BCUT2D eigenvalue weighted by molar-refractivity contribution is -0.116. The maximum Gasteiger partial charge on any atom is 0.223 e. The van der Waals surface area contributed by atoms with Crippen molar-refractivity contribution in [2.24, 2.45) is 0 Å². The monoisotopic (exact) mass is 272 g/mol. The van der Waals surface area contributed by atoms with Gasteiger partial charge in [0.15, 0.2) is 0 Å². The van der Waals surface area contributed by atoms with E-state index in [4.69, 9.17) is 0 Å². The smallest absolute Gasteiger partial charge is 0.223 e. The zero-order valence-electron chi connectivity index (χ0n) is 12.8. The molecule has 0 aromatic heterocycles. The SMILES string of the molecule is CC(=O)N1CCCC2(CCNC2)c2ccc(C)c(C)c21. The summed E-state index contributed by atoms with van der Waals surface area (Å²) in [6, 6.07) is 4.49. The van der Waals surface area contributed by atoms with Gasteiger partial charge in [-0.05, 0) is 56.3 Å². The molecule has 3 nitrogen and oxygen atoms in total. The first-order valence-corrected chi connectivity index (χ1v) is 7.65. The first-order valence-electron chi connectivity index (χ1n) is 7.65. The Morgan fingerprint density at radius 3 is 2.75 bits per heavy atom. The maximum absolute atomic E-state index is 12.1. The van der Waals surface area contributed by atoms with Crippen LogP contribution in [0.1, 0.15) is 42.9 Å². The minimum absolute atomic E-state index is 0.169. The Labute approximate surface area is 121 Å². The van der Waals surface area contributed by atoms with Crippen LogP contribution in [0, 0.1) is 13.8 Å². The topological polar surface area (TPSA) is 32.3 Å². The van der Waals surface area contributed by atoms with E-state index in [2.05, 4.69) is 31.3 Å². The van der Waals surface area contributed by atoms with Gasteiger partial charge in [0.25, 0.3) is 0 Å². The van der Waals surface area contributed by atoms with E-state index in [0.717, 1.165) is 26.1 Å². The predicted octanol–water partition coefficient (Wildman–Crippen LogP) is 2.68. The van der Waals surface area contributed by atoms with Crippen molar-refractivity contribution in [3.63, 3.8) is 0 Å². The minimum Gasteiger partial charge on any atom is -0.316 e. The molecule has 1 unspecified atom stereocenters. The van der Waals surface area contributed by atoms with E-state index >= 15 is 0 Å². The molecule has 0 bridgehead atoms. The number of nitrogens with zero attached hydrogens (tertiary/aromatic N) is 1. The molecule has 1 fully saturated rings. The van der Waals surface area contributed by atoms with Crippen LogP contribution in [0.25, 0.3) is 0 Å². The lowest BCUT2D eigenvalue weighted by Crippen LogP contribution is -2.32. The molecule has 1 aromatic carbocycles. The van der Waals surface area contributed by atoms with E-state index in [1.54, 1.807) is 6.92 Å². The molecular formula is C17H24N2O. The molecule has 20 heavy (non-hydrogen) atoms. The van der Waals surface area contributed by atoms with Gasteiger partial charge in [0.05, 0.1) is 5.69 Å². The Kier molecular flexibility index (Phi) is 3.33. The molecular weight excluding hydrogens is 248 g/mol. The lowest BCUT2D eigenvalue weighted by Gasteiger charge is -2.31. The molecule has 3 heteroatoms. The average Bonchev–Trinajstić information content (AvgIpc) is 2.80. The number of carbonyl (C=O) groups is 1. The van der Waals surface area contributed by atoms with Gasteiger partial charge in [-0.2, -0.15) is 0 Å². The van der Waals surface area contributed by atoms with Crippen LogP contribution in [0.5, 0.6) is 0 Å². The van der Waals surface area contributed by atoms with E-state index < -0.39 is 0 Å². The zero-order valence-corrected chi connectivity index (χ0v) is 12.8. The van der Waals surface area contributed by atoms with Gasteiger partial charge in [-0.3, -0.25) is 4.79 Å². The number of amides is 1. The summed E-state index contributed by atoms with van der Waals surface area (Å²) in [5.41, 5.74) is 5.36. The number of fused-ring (bicyclic) bond motifs is 2. The molecule has 0 aliphatic carbocycles. The van der Waals surface area contributed by atoms with E-state index in [1.165, 1.54) is 35.2 Å². The van der Waals surface area contributed by atoms with Crippen LogP contribution in [0.4, 0.5) is 5.69 Å². The second-order valence-electron chi connectivity index (χ2n) is 6.38. The van der Waals surface area contributed by atoms with Crippen LogP contribution in [0.2, 0.25) is 0 Å². The van der Waals surface area contributed by atoms with Gasteiger partial charge < -0.3 is 10.2 Å². The predicted molar refractivity (Wildman–Crippen MR) is 82.3 cm³/mol. The quantitative estimate of drug-likeness (QED) is 0.787. The molecule has 1 saturated heterocycles. The third kappa shape index (κ3) is 1.96. The molecule has 1 spiro atoms. The molecule has 2 heterocycles. The molecule has 2 aliphatic rings. The standard InChI is InChI=1S/C17H24N2O/c1-12-5-6-15-16(13(12)2)19(14(3)20)10-4-7-17(15)8-9-18-11-17/h5-6,18H,4,7-11H2,1-3H3. The van der Waals surface area contributed by atoms with E-state index in [9.17, 15) is 4.79 Å². The molecule has 108 valence electrons. The molecule has 1 N–H and O–H groups in total.